The molecule has 1 aliphatic rings. The van der Waals surface area contributed by atoms with Gasteiger partial charge in [0, 0.05) is 17.1 Å². The minimum atomic E-state index is -0.453. The maximum Gasteiger partial charge on any atom is 0.255 e. The number of aromatic nitrogens is 1. The summed E-state index contributed by atoms with van der Waals surface area (Å²) in [7, 11) is 3.20. The number of aliphatic hydroxyl groups excluding tert-OH is 1. The number of nitrogens with one attached hydrogen (secondary N) is 2. The van der Waals surface area contributed by atoms with Crippen LogP contribution in [0.1, 0.15) is 41.6 Å². The molecule has 0 radical (unpaired) electrons. The van der Waals surface area contributed by atoms with Gasteiger partial charge in [0.2, 0.25) is 0 Å². The number of methoxy groups -OCH3 is 2. The van der Waals surface area contributed by atoms with Crippen LogP contribution in [0.2, 0.25) is 0 Å². The van der Waals surface area contributed by atoms with E-state index in [-0.39, 0.29) is 18.6 Å². The van der Waals surface area contributed by atoms with Crippen molar-refractivity contribution in [3.63, 3.8) is 0 Å². The first-order valence-corrected chi connectivity index (χ1v) is 13.1. The number of rotatable bonds is 10. The third kappa shape index (κ3) is 5.48. The molecule has 38 heavy (non-hydrogen) atoms. The third-order valence-corrected chi connectivity index (χ3v) is 7.23. The van der Waals surface area contributed by atoms with E-state index in [1.807, 2.05) is 66.9 Å². The van der Waals surface area contributed by atoms with E-state index >= 15 is 0 Å². The van der Waals surface area contributed by atoms with Crippen molar-refractivity contribution in [3.05, 3.63) is 78.0 Å². The lowest BCUT2D eigenvalue weighted by Gasteiger charge is -2.20. The van der Waals surface area contributed by atoms with Crippen molar-refractivity contribution >= 4 is 16.8 Å². The molecule has 7 nitrogen and oxygen atoms in total. The zero-order valence-corrected chi connectivity index (χ0v) is 21.8. The highest BCUT2D eigenvalue weighted by atomic mass is 16.5. The number of aliphatic hydroxyl groups is 1. The molecule has 1 amide bonds. The molecule has 1 saturated carbocycles. The molecule has 0 unspecified atom stereocenters. The molecule has 4 aromatic rings. The number of fused-ring (bicyclic) bond motifs is 1. The van der Waals surface area contributed by atoms with E-state index in [9.17, 15) is 9.90 Å². The molecule has 0 spiro atoms. The highest BCUT2D eigenvalue weighted by Gasteiger charge is 2.23. The number of hydrogen-bond acceptors (Lipinski definition) is 5. The molecule has 198 valence electrons. The van der Waals surface area contributed by atoms with E-state index in [2.05, 4.69) is 10.3 Å². The minimum absolute atomic E-state index is 0.105. The first-order valence-electron chi connectivity index (χ1n) is 13.1. The number of amides is 1. The Morgan fingerprint density at radius 3 is 2.42 bits per heavy atom. The number of ether oxygens (including phenoxy) is 3. The minimum Gasteiger partial charge on any atom is -0.493 e. The van der Waals surface area contributed by atoms with Crippen molar-refractivity contribution in [2.45, 2.75) is 44.2 Å². The highest BCUT2D eigenvalue weighted by Crippen LogP contribution is 2.35. The molecule has 3 N–H and O–H groups in total. The predicted octanol–water partition coefficient (Wildman–Crippen LogP) is 5.51. The van der Waals surface area contributed by atoms with Crippen LogP contribution in [0.4, 0.5) is 0 Å². The third-order valence-electron chi connectivity index (χ3n) is 7.23. The van der Waals surface area contributed by atoms with Gasteiger partial charge in [-0.15, -0.1) is 0 Å². The van der Waals surface area contributed by atoms with E-state index in [1.165, 1.54) is 0 Å². The van der Waals surface area contributed by atoms with E-state index in [1.54, 1.807) is 14.2 Å². The van der Waals surface area contributed by atoms with Crippen LogP contribution in [0.25, 0.3) is 22.0 Å². The normalized spacial score (nSPS) is 14.4. The quantitative estimate of drug-likeness (QED) is 0.260. The lowest BCUT2D eigenvalue weighted by atomic mass is 10.0. The molecule has 0 bridgehead atoms. The molecule has 1 fully saturated rings. The van der Waals surface area contributed by atoms with Crippen LogP contribution >= 0.6 is 0 Å². The number of carbonyl (C=O) groups is 1. The molecule has 0 saturated heterocycles. The van der Waals surface area contributed by atoms with Gasteiger partial charge in [0.15, 0.2) is 11.5 Å². The van der Waals surface area contributed by atoms with Gasteiger partial charge in [-0.25, -0.2) is 0 Å². The Balaban J connectivity index is 1.43. The summed E-state index contributed by atoms with van der Waals surface area (Å²) in [6.07, 6.45) is 6.77. The summed E-state index contributed by atoms with van der Waals surface area (Å²) in [6, 6.07) is 18.9. The van der Waals surface area contributed by atoms with Crippen LogP contribution in [0.15, 0.2) is 66.9 Å². The SMILES string of the molecule is COc1ccc(-c2ccc(OC3CCCC3)c(C(=O)N[C@@H](CO)Cc3c[nH]c4ccccc34)c2)cc1OC. The Morgan fingerprint density at radius 2 is 1.68 bits per heavy atom. The van der Waals surface area contributed by atoms with Gasteiger partial charge in [0.25, 0.3) is 5.91 Å². The molecule has 1 heterocycles. The summed E-state index contributed by atoms with van der Waals surface area (Å²) in [5.74, 6) is 1.53. The van der Waals surface area contributed by atoms with E-state index in [0.29, 0.717) is 29.2 Å². The van der Waals surface area contributed by atoms with Crippen molar-refractivity contribution in [2.75, 3.05) is 20.8 Å². The number of carbonyl (C=O) groups excluding carboxylic acids is 1. The first-order chi connectivity index (χ1) is 18.6. The molecule has 3 aromatic carbocycles. The second kappa shape index (κ2) is 11.6. The average molecular weight is 515 g/mol. The van der Waals surface area contributed by atoms with Crippen molar-refractivity contribution < 1.29 is 24.1 Å². The van der Waals surface area contributed by atoms with Crippen molar-refractivity contribution in [3.8, 4) is 28.4 Å². The molecule has 0 aliphatic heterocycles. The topological polar surface area (TPSA) is 92.8 Å². The lowest BCUT2D eigenvalue weighted by Crippen LogP contribution is -2.39. The van der Waals surface area contributed by atoms with Gasteiger partial charge >= 0.3 is 0 Å². The standard InChI is InChI=1S/C31H34N2O5/c1-36-29-14-12-21(17-30(29)37-2)20-11-13-28(38-24-7-3-4-8-24)26(16-20)31(35)33-23(19-34)15-22-18-32-27-10-6-5-9-25(22)27/h5-6,9-14,16-18,23-24,32,34H,3-4,7-8,15,19H2,1-2H3,(H,33,35)/t23-/m1/s1. The molecule has 1 aliphatic carbocycles. The molecular weight excluding hydrogens is 480 g/mol. The summed E-state index contributed by atoms with van der Waals surface area (Å²) in [5, 5.41) is 14.3. The molecule has 5 rings (SSSR count). The molecule has 1 atom stereocenters. The van der Waals surface area contributed by atoms with Gasteiger partial charge in [-0.2, -0.15) is 0 Å². The predicted molar refractivity (Wildman–Crippen MR) is 148 cm³/mol. The van der Waals surface area contributed by atoms with Gasteiger partial charge in [-0.3, -0.25) is 4.79 Å². The lowest BCUT2D eigenvalue weighted by molar-refractivity contribution is 0.0909. The van der Waals surface area contributed by atoms with Crippen LogP contribution in [0.5, 0.6) is 17.2 Å². The molecular formula is C31H34N2O5. The Morgan fingerprint density at radius 1 is 0.974 bits per heavy atom. The summed E-state index contributed by atoms with van der Waals surface area (Å²) < 4.78 is 17.2. The fourth-order valence-electron chi connectivity index (χ4n) is 5.18. The van der Waals surface area contributed by atoms with Crippen LogP contribution in [-0.4, -0.2) is 49.0 Å². The van der Waals surface area contributed by atoms with Gasteiger partial charge in [0.1, 0.15) is 5.75 Å². The smallest absolute Gasteiger partial charge is 0.255 e. The number of aromatic amines is 1. The van der Waals surface area contributed by atoms with Crippen molar-refractivity contribution in [1.29, 1.82) is 0 Å². The Kier molecular flexibility index (Phi) is 7.84. The fraction of sp³-hybridized carbons (Fsp3) is 0.323. The van der Waals surface area contributed by atoms with Crippen LogP contribution < -0.4 is 19.5 Å². The van der Waals surface area contributed by atoms with Gasteiger partial charge in [-0.1, -0.05) is 30.3 Å². The number of benzene rings is 3. The van der Waals surface area contributed by atoms with Crippen molar-refractivity contribution in [1.82, 2.24) is 10.3 Å². The van der Waals surface area contributed by atoms with Crippen LogP contribution in [-0.2, 0) is 6.42 Å². The van der Waals surface area contributed by atoms with Gasteiger partial charge in [0.05, 0.1) is 38.5 Å². The van der Waals surface area contributed by atoms with Crippen LogP contribution in [0.3, 0.4) is 0 Å². The zero-order valence-electron chi connectivity index (χ0n) is 21.8. The van der Waals surface area contributed by atoms with E-state index in [4.69, 9.17) is 14.2 Å². The summed E-state index contributed by atoms with van der Waals surface area (Å²) >= 11 is 0. The van der Waals surface area contributed by atoms with Crippen LogP contribution in [0, 0.1) is 0 Å². The fourth-order valence-corrected chi connectivity index (χ4v) is 5.18. The number of H-pyrrole nitrogens is 1. The Labute approximate surface area is 222 Å². The largest absolute Gasteiger partial charge is 0.493 e. The molecule has 1 aromatic heterocycles. The Bertz CT molecular complexity index is 1410. The summed E-state index contributed by atoms with van der Waals surface area (Å²) in [6.45, 7) is -0.181. The first kappa shape index (κ1) is 25.7. The summed E-state index contributed by atoms with van der Waals surface area (Å²) in [5.41, 5.74) is 4.26. The average Bonchev–Trinajstić information content (AvgIpc) is 3.62. The maximum atomic E-state index is 13.7. The Hall–Kier alpha value is -3.97. The van der Waals surface area contributed by atoms with Crippen molar-refractivity contribution in [2.24, 2.45) is 0 Å². The zero-order chi connectivity index (χ0) is 26.5. The van der Waals surface area contributed by atoms with E-state index in [0.717, 1.165) is 53.3 Å². The summed E-state index contributed by atoms with van der Waals surface area (Å²) in [4.78, 5) is 16.9. The van der Waals surface area contributed by atoms with Gasteiger partial charge < -0.3 is 29.6 Å². The monoisotopic (exact) mass is 514 g/mol. The molecule has 7 heteroatoms. The maximum absolute atomic E-state index is 13.7. The van der Waals surface area contributed by atoms with Gasteiger partial charge in [-0.05, 0) is 79.1 Å². The second-order valence-corrected chi connectivity index (χ2v) is 9.72. The highest BCUT2D eigenvalue weighted by molar-refractivity contribution is 5.98. The van der Waals surface area contributed by atoms with E-state index < -0.39 is 6.04 Å². The number of para-hydroxylation sites is 1. The second-order valence-electron chi connectivity index (χ2n) is 9.72. The number of hydrogen-bond donors (Lipinski definition) is 3.